The summed E-state index contributed by atoms with van der Waals surface area (Å²) in [5.41, 5.74) is 2.50. The maximum atomic E-state index is 13.1. The molecule has 1 N–H and O–H groups in total. The molecule has 0 saturated heterocycles. The number of hydrogen-bond donors (Lipinski definition) is 1. The second kappa shape index (κ2) is 5.87. The van der Waals surface area contributed by atoms with Crippen LogP contribution in [0.5, 0.6) is 0 Å². The molecule has 1 aromatic carbocycles. The van der Waals surface area contributed by atoms with E-state index in [4.69, 9.17) is 0 Å². The Labute approximate surface area is 144 Å². The highest BCUT2D eigenvalue weighted by atomic mass is 32.2. The van der Waals surface area contributed by atoms with Crippen molar-refractivity contribution in [2.45, 2.75) is 27.8 Å². The van der Waals surface area contributed by atoms with Crippen LogP contribution in [0.1, 0.15) is 11.3 Å². The fraction of sp³-hybridized carbons (Fsp3) is 0.250. The molecule has 124 valence electrons. The summed E-state index contributed by atoms with van der Waals surface area (Å²) in [4.78, 5) is 4.88. The van der Waals surface area contributed by atoms with E-state index in [1.807, 2.05) is 6.26 Å². The zero-order valence-electron chi connectivity index (χ0n) is 13.1. The van der Waals surface area contributed by atoms with Gasteiger partial charge in [-0.3, -0.25) is 0 Å². The molecule has 0 saturated carbocycles. The number of nitrogens with one attached hydrogen (secondary N) is 1. The maximum Gasteiger partial charge on any atom is 0.213 e. The fourth-order valence-electron chi connectivity index (χ4n) is 2.96. The maximum absolute atomic E-state index is 13.1. The van der Waals surface area contributed by atoms with Gasteiger partial charge in [0.25, 0.3) is 0 Å². The highest BCUT2D eigenvalue weighted by Crippen LogP contribution is 2.33. The number of benzene rings is 1. The van der Waals surface area contributed by atoms with Crippen molar-refractivity contribution in [3.05, 3.63) is 47.8 Å². The third kappa shape index (κ3) is 2.33. The van der Waals surface area contributed by atoms with E-state index in [9.17, 15) is 8.42 Å². The Kier molecular flexibility index (Phi) is 3.82. The Hall–Kier alpha value is -1.90. The number of hydrogen-bond acceptors (Lipinski definition) is 6. The molecule has 3 aromatic rings. The number of aromatic nitrogens is 3. The fourth-order valence-corrected chi connectivity index (χ4v) is 5.38. The van der Waals surface area contributed by atoms with Crippen molar-refractivity contribution < 1.29 is 8.42 Å². The molecule has 24 heavy (non-hydrogen) atoms. The average molecular weight is 360 g/mol. The highest BCUT2D eigenvalue weighted by molar-refractivity contribution is 7.99. The van der Waals surface area contributed by atoms with Crippen molar-refractivity contribution in [3.8, 4) is 0 Å². The second-order valence-electron chi connectivity index (χ2n) is 5.55. The van der Waals surface area contributed by atoms with E-state index in [0.717, 1.165) is 30.8 Å². The number of nitrogens with zero attached hydrogens (tertiary/aromatic N) is 3. The van der Waals surface area contributed by atoms with Gasteiger partial charge in [-0.2, -0.15) is 5.10 Å². The topological polar surface area (TPSA) is 76.4 Å². The zero-order chi connectivity index (χ0) is 16.7. The Morgan fingerprint density at radius 3 is 2.79 bits per heavy atom. The van der Waals surface area contributed by atoms with Crippen LogP contribution in [0.15, 0.2) is 51.3 Å². The van der Waals surface area contributed by atoms with Crippen LogP contribution < -0.4 is 5.32 Å². The van der Waals surface area contributed by atoms with Crippen LogP contribution >= 0.6 is 11.8 Å². The number of thioether (sulfide) groups is 1. The van der Waals surface area contributed by atoms with Crippen molar-refractivity contribution in [3.63, 3.8) is 0 Å². The van der Waals surface area contributed by atoms with Gasteiger partial charge < -0.3 is 5.32 Å². The standard InChI is InChI=1S/C16H16N4O2S2/c1-23-16-14(24(21,22)12-5-3-2-4-6-12)15-18-10-11-9-17-8-7-13(11)20(15)19-16/h2-6,10,17H,7-9H2,1H3. The van der Waals surface area contributed by atoms with Gasteiger partial charge in [0.2, 0.25) is 9.84 Å². The lowest BCUT2D eigenvalue weighted by atomic mass is 10.1. The lowest BCUT2D eigenvalue weighted by Crippen LogP contribution is -2.26. The van der Waals surface area contributed by atoms with Crippen LogP contribution in [0.3, 0.4) is 0 Å². The van der Waals surface area contributed by atoms with E-state index in [0.29, 0.717) is 10.7 Å². The summed E-state index contributed by atoms with van der Waals surface area (Å²) in [6.07, 6.45) is 4.39. The summed E-state index contributed by atoms with van der Waals surface area (Å²) in [7, 11) is -3.67. The molecule has 0 bridgehead atoms. The predicted molar refractivity (Wildman–Crippen MR) is 92.1 cm³/mol. The third-order valence-corrected chi connectivity index (χ3v) is 6.74. The minimum absolute atomic E-state index is 0.197. The van der Waals surface area contributed by atoms with Gasteiger partial charge in [-0.15, -0.1) is 11.8 Å². The van der Waals surface area contributed by atoms with Gasteiger partial charge >= 0.3 is 0 Å². The molecule has 0 atom stereocenters. The minimum Gasteiger partial charge on any atom is -0.312 e. The largest absolute Gasteiger partial charge is 0.312 e. The first-order valence-electron chi connectivity index (χ1n) is 7.57. The van der Waals surface area contributed by atoms with Crippen LogP contribution in [-0.2, 0) is 22.8 Å². The summed E-state index contributed by atoms with van der Waals surface area (Å²) in [6, 6.07) is 8.44. The first kappa shape index (κ1) is 15.6. The van der Waals surface area contributed by atoms with Crippen LogP contribution in [0, 0.1) is 0 Å². The molecule has 6 nitrogen and oxygen atoms in total. The average Bonchev–Trinajstić information content (AvgIpc) is 3.02. The quantitative estimate of drug-likeness (QED) is 0.719. The number of fused-ring (bicyclic) bond motifs is 3. The van der Waals surface area contributed by atoms with E-state index in [1.54, 1.807) is 41.0 Å². The molecule has 1 aliphatic rings. The van der Waals surface area contributed by atoms with E-state index in [-0.39, 0.29) is 9.79 Å². The van der Waals surface area contributed by atoms with E-state index in [2.05, 4.69) is 15.4 Å². The van der Waals surface area contributed by atoms with Gasteiger partial charge in [0.15, 0.2) is 10.5 Å². The molecule has 0 radical (unpaired) electrons. The van der Waals surface area contributed by atoms with Crippen molar-refractivity contribution in [2.24, 2.45) is 0 Å². The van der Waals surface area contributed by atoms with Gasteiger partial charge in [0.1, 0.15) is 5.03 Å². The molecule has 1 aliphatic heterocycles. The summed E-state index contributed by atoms with van der Waals surface area (Å²) >= 11 is 1.33. The lowest BCUT2D eigenvalue weighted by Gasteiger charge is -2.17. The first-order valence-corrected chi connectivity index (χ1v) is 10.3. The second-order valence-corrected chi connectivity index (χ2v) is 8.23. The van der Waals surface area contributed by atoms with Crippen LogP contribution in [0.25, 0.3) is 5.65 Å². The Morgan fingerprint density at radius 1 is 1.25 bits per heavy atom. The summed E-state index contributed by atoms with van der Waals surface area (Å²) in [6.45, 7) is 1.58. The van der Waals surface area contributed by atoms with E-state index >= 15 is 0 Å². The van der Waals surface area contributed by atoms with Crippen LogP contribution in [0.4, 0.5) is 0 Å². The van der Waals surface area contributed by atoms with Gasteiger partial charge in [-0.05, 0) is 18.4 Å². The van der Waals surface area contributed by atoms with Gasteiger partial charge in [-0.25, -0.2) is 17.9 Å². The minimum atomic E-state index is -3.67. The third-order valence-electron chi connectivity index (χ3n) is 4.13. The molecule has 0 amide bonds. The van der Waals surface area contributed by atoms with Crippen LogP contribution in [-0.4, -0.2) is 35.8 Å². The Balaban J connectivity index is 2.02. The highest BCUT2D eigenvalue weighted by Gasteiger charge is 2.29. The number of sulfone groups is 1. The Bertz CT molecular complexity index is 1010. The van der Waals surface area contributed by atoms with Gasteiger partial charge in [0.05, 0.1) is 10.6 Å². The normalized spacial score (nSPS) is 14.7. The van der Waals surface area contributed by atoms with Crippen molar-refractivity contribution >= 4 is 27.2 Å². The van der Waals surface area contributed by atoms with Crippen LogP contribution in [0.2, 0.25) is 0 Å². The monoisotopic (exact) mass is 360 g/mol. The van der Waals surface area contributed by atoms with Gasteiger partial charge in [0, 0.05) is 31.3 Å². The van der Waals surface area contributed by atoms with Crippen molar-refractivity contribution in [1.82, 2.24) is 19.9 Å². The SMILES string of the molecule is CSc1nn2c3c(cnc2c1S(=O)(=O)c1ccccc1)CNCC3. The molecule has 4 rings (SSSR count). The molecule has 0 spiro atoms. The molecule has 8 heteroatoms. The molecule has 3 heterocycles. The molecule has 2 aromatic heterocycles. The van der Waals surface area contributed by atoms with Crippen molar-refractivity contribution in [2.75, 3.05) is 12.8 Å². The zero-order valence-corrected chi connectivity index (χ0v) is 14.7. The molecular formula is C16H16N4O2S2. The van der Waals surface area contributed by atoms with Gasteiger partial charge in [-0.1, -0.05) is 18.2 Å². The molecule has 0 fully saturated rings. The van der Waals surface area contributed by atoms with E-state index < -0.39 is 9.84 Å². The molecule has 0 aliphatic carbocycles. The smallest absolute Gasteiger partial charge is 0.213 e. The molecule has 0 unspecified atom stereocenters. The summed E-state index contributed by atoms with van der Waals surface area (Å²) < 4.78 is 28.0. The molecular weight excluding hydrogens is 344 g/mol. The number of rotatable bonds is 3. The van der Waals surface area contributed by atoms with Crippen molar-refractivity contribution in [1.29, 1.82) is 0 Å². The summed E-state index contributed by atoms with van der Waals surface area (Å²) in [5.74, 6) is 0. The van der Waals surface area contributed by atoms with E-state index in [1.165, 1.54) is 11.8 Å². The predicted octanol–water partition coefficient (Wildman–Crippen LogP) is 1.93. The lowest BCUT2D eigenvalue weighted by molar-refractivity contribution is 0.594. The summed E-state index contributed by atoms with van der Waals surface area (Å²) in [5, 5.41) is 8.32. The Morgan fingerprint density at radius 2 is 2.04 bits per heavy atom. The first-order chi connectivity index (χ1) is 11.6.